The maximum Gasteiger partial charge on any atom is 0.414 e. The Labute approximate surface area is 291 Å². The molecule has 0 aromatic heterocycles. The van der Waals surface area contributed by atoms with Crippen LogP contribution in [0.15, 0.2) is 24.3 Å². The summed E-state index contributed by atoms with van der Waals surface area (Å²) in [5.41, 5.74) is 7.42. The Balaban J connectivity index is 0.000000187. The summed E-state index contributed by atoms with van der Waals surface area (Å²) in [7, 11) is 2.98. The van der Waals surface area contributed by atoms with Crippen LogP contribution in [0.1, 0.15) is 38.5 Å². The molecule has 266 valence electrons. The van der Waals surface area contributed by atoms with Gasteiger partial charge in [-0.25, -0.2) is 9.59 Å². The quantitative estimate of drug-likeness (QED) is 0.120. The molecule has 16 heteroatoms. The summed E-state index contributed by atoms with van der Waals surface area (Å²) < 4.78 is 4.25. The first kappa shape index (κ1) is 38.7. The molecular weight excluding hydrogens is 813 g/mol. The molecule has 10 unspecified atom stereocenters. The molecule has 3 saturated carbocycles. The van der Waals surface area contributed by atoms with Gasteiger partial charge >= 0.3 is 17.9 Å². The van der Waals surface area contributed by atoms with Gasteiger partial charge < -0.3 is 32.7 Å². The van der Waals surface area contributed by atoms with Gasteiger partial charge in [-0.3, -0.25) is 38.6 Å². The van der Waals surface area contributed by atoms with Gasteiger partial charge in [-0.1, -0.05) is 50.0 Å². The molecule has 15 nitrogen and oxygen atoms in total. The van der Waals surface area contributed by atoms with Crippen molar-refractivity contribution in [2.45, 2.75) is 44.6 Å². The Kier molecular flexibility index (Phi) is 13.0. The third kappa shape index (κ3) is 7.94. The molecule has 48 heavy (non-hydrogen) atoms. The van der Waals surface area contributed by atoms with Gasteiger partial charge in [0.2, 0.25) is 23.6 Å². The summed E-state index contributed by atoms with van der Waals surface area (Å²) in [6.45, 7) is 3.08. The number of likely N-dealkylation sites (tertiary alicyclic amines) is 2. The van der Waals surface area contributed by atoms with Gasteiger partial charge in [0.25, 0.3) is 5.97 Å². The molecule has 0 aromatic carbocycles. The number of carboxylic acid groups (broad SMARTS) is 3. The van der Waals surface area contributed by atoms with Gasteiger partial charge in [0, 0.05) is 21.1 Å². The van der Waals surface area contributed by atoms with Crippen molar-refractivity contribution in [2.75, 3.05) is 13.1 Å². The van der Waals surface area contributed by atoms with Crippen LogP contribution in [0.4, 0.5) is 0 Å². The molecule has 2 aliphatic heterocycles. The smallest absolute Gasteiger partial charge is 0.414 e. The molecule has 4 N–H and O–H groups in total. The average Bonchev–Trinajstić information content (AvgIpc) is 3.88. The Morgan fingerprint density at radius 3 is 1.33 bits per heavy atom. The van der Waals surface area contributed by atoms with Crippen molar-refractivity contribution in [1.82, 2.24) is 9.80 Å². The number of nitrogens with one attached hydrogen (secondary N) is 1. The van der Waals surface area contributed by atoms with E-state index >= 15 is 0 Å². The maximum absolute atomic E-state index is 12.1. The number of hydrogen-bond donors (Lipinski definition) is 3. The molecule has 2 saturated heterocycles. The monoisotopic (exact) mass is 851 g/mol. The molecule has 10 atom stereocenters. The van der Waals surface area contributed by atoms with Crippen LogP contribution in [0, 0.1) is 67.3 Å². The van der Waals surface area contributed by atoms with Crippen LogP contribution in [-0.2, 0) is 64.2 Å². The number of carbonyl (C=O) groups is 8. The van der Waals surface area contributed by atoms with Crippen LogP contribution in [0.25, 0.3) is 5.73 Å². The number of rotatable bonds is 4. The number of nitrogens with zero attached hydrogens (tertiary/aromatic N) is 2. The number of carboxylic acids is 3. The molecule has 2 heterocycles. The van der Waals surface area contributed by atoms with Gasteiger partial charge in [0.1, 0.15) is 13.1 Å². The number of ether oxygens (including phenoxy) is 1. The molecule has 5 fully saturated rings. The minimum absolute atomic E-state index is 0. The second-order valence-corrected chi connectivity index (χ2v) is 12.7. The number of hydrogen-bond acceptors (Lipinski definition) is 9. The summed E-state index contributed by atoms with van der Waals surface area (Å²) >= 11 is 0. The summed E-state index contributed by atoms with van der Waals surface area (Å²) in [5, 5.41) is 23.4. The van der Waals surface area contributed by atoms with Crippen molar-refractivity contribution in [3.05, 3.63) is 44.1 Å². The van der Waals surface area contributed by atoms with Crippen molar-refractivity contribution in [1.29, 1.82) is 0 Å². The second-order valence-electron chi connectivity index (χ2n) is 12.7. The van der Waals surface area contributed by atoms with Gasteiger partial charge in [-0.05, 0) is 36.5 Å². The fourth-order valence-corrected chi connectivity index (χ4v) is 7.76. The summed E-state index contributed by atoms with van der Waals surface area (Å²) in [4.78, 5) is 89.8. The number of esters is 1. The summed E-state index contributed by atoms with van der Waals surface area (Å²) in [5.74, 6) is -6.55. The van der Waals surface area contributed by atoms with Gasteiger partial charge in [-0.15, -0.1) is 0 Å². The Bertz CT molecular complexity index is 1320. The molecule has 4 bridgehead atoms. The van der Waals surface area contributed by atoms with E-state index in [2.05, 4.69) is 18.8 Å². The maximum atomic E-state index is 12.1. The van der Waals surface area contributed by atoms with Crippen LogP contribution < -0.4 is 0 Å². The SMILES string of the molecule is O=C(O)C(=O)O.O=C(O)CN1C(=O)C2C3C=CC(C3)C2C1=O.[CH2-]C1CCCCC1[NH-].[CH2-]OC(=O)CN1C(=O)C2C3C=CC(C3)C2C1=O.[Pt]. The van der Waals surface area contributed by atoms with E-state index in [1.807, 2.05) is 24.3 Å². The molecule has 7 rings (SSSR count). The molecule has 7 aliphatic rings. The van der Waals surface area contributed by atoms with E-state index in [0.29, 0.717) is 5.92 Å². The first-order valence-electron chi connectivity index (χ1n) is 15.4. The van der Waals surface area contributed by atoms with Crippen LogP contribution in [0.2, 0.25) is 0 Å². The normalized spacial score (nSPS) is 34.1. The topological polar surface area (TPSA) is 237 Å². The standard InChI is InChI=1S/C12H12NO4.C11H11NO4.C7H13N.C2H2O4.Pt/c1-17-8(14)5-13-11(15)9-6-2-3-7(4-6)10(9)12(13)16;13-7(14)4-12-10(15)8-5-1-2-6(3-5)9(8)11(12)16;1-6-4-2-3-5-7(6)8;3-1(4)2(5)6;/h2-3,6-7,9-10H,1,4-5H2;1-2,5-6,8-9H,3-4H2,(H,13,14);6-8H,1-5H2;(H,3,4)(H,5,6);/q-1;;-2;;. The molecule has 0 radical (unpaired) electrons. The zero-order chi connectivity index (χ0) is 34.7. The minimum atomic E-state index is -1.82. The van der Waals surface area contributed by atoms with E-state index in [1.54, 1.807) is 0 Å². The average molecular weight is 852 g/mol. The number of carbonyl (C=O) groups excluding carboxylic acids is 5. The number of amides is 4. The van der Waals surface area contributed by atoms with Crippen LogP contribution >= 0.6 is 0 Å². The molecule has 5 aliphatic carbocycles. The number of imide groups is 2. The minimum Gasteiger partial charge on any atom is -0.677 e. The Morgan fingerprint density at radius 1 is 0.708 bits per heavy atom. The fourth-order valence-electron chi connectivity index (χ4n) is 7.76. The first-order chi connectivity index (χ1) is 22.2. The summed E-state index contributed by atoms with van der Waals surface area (Å²) in [6, 6.07) is 0.142. The van der Waals surface area contributed by atoms with Crippen LogP contribution in [0.5, 0.6) is 0 Å². The third-order valence-electron chi connectivity index (χ3n) is 9.96. The van der Waals surface area contributed by atoms with Gasteiger partial charge in [0.05, 0.1) is 23.7 Å². The molecular formula is C32H38N3O12Pt-3. The largest absolute Gasteiger partial charge is 0.677 e. The van der Waals surface area contributed by atoms with Crippen molar-refractivity contribution in [2.24, 2.45) is 53.3 Å². The zero-order valence-corrected chi connectivity index (χ0v) is 28.2. The Hall–Kier alpha value is -3.71. The van der Waals surface area contributed by atoms with E-state index < -0.39 is 30.4 Å². The molecule has 0 aromatic rings. The molecule has 0 spiro atoms. The second kappa shape index (κ2) is 16.1. The zero-order valence-electron chi connectivity index (χ0n) is 25.9. The van der Waals surface area contributed by atoms with Crippen molar-refractivity contribution in [3.8, 4) is 0 Å². The van der Waals surface area contributed by atoms with Gasteiger partial charge in [-0.2, -0.15) is 19.1 Å². The fraction of sp³-hybridized carbons (Fsp3) is 0.562. The van der Waals surface area contributed by atoms with Crippen LogP contribution in [-0.4, -0.2) is 91.8 Å². The molecule has 4 amide bonds. The number of fused-ring (bicyclic) bond motifs is 10. The number of allylic oxidation sites excluding steroid dienone is 4. The van der Waals surface area contributed by atoms with Crippen LogP contribution in [0.3, 0.4) is 0 Å². The van der Waals surface area contributed by atoms with Gasteiger partial charge in [0.15, 0.2) is 0 Å². The number of aliphatic carboxylic acids is 3. The first-order valence-corrected chi connectivity index (χ1v) is 15.4. The van der Waals surface area contributed by atoms with E-state index in [0.717, 1.165) is 29.1 Å². The van der Waals surface area contributed by atoms with Crippen molar-refractivity contribution in [3.63, 3.8) is 0 Å². The van der Waals surface area contributed by atoms with Crippen molar-refractivity contribution < 1.29 is 79.5 Å². The Morgan fingerprint density at radius 2 is 1.06 bits per heavy atom. The predicted molar refractivity (Wildman–Crippen MR) is 159 cm³/mol. The van der Waals surface area contributed by atoms with E-state index in [1.165, 1.54) is 19.3 Å². The van der Waals surface area contributed by atoms with E-state index in [4.69, 9.17) is 30.6 Å². The summed E-state index contributed by atoms with van der Waals surface area (Å²) in [6.07, 6.45) is 14.6. The van der Waals surface area contributed by atoms with Crippen molar-refractivity contribution >= 4 is 47.5 Å². The third-order valence-corrected chi connectivity index (χ3v) is 9.96. The van der Waals surface area contributed by atoms with E-state index in [9.17, 15) is 28.8 Å². The van der Waals surface area contributed by atoms with E-state index in [-0.39, 0.29) is 105 Å². The predicted octanol–water partition coefficient (Wildman–Crippen LogP) is 1.59.